The summed E-state index contributed by atoms with van der Waals surface area (Å²) in [4.78, 5) is 0. The molecule has 0 saturated heterocycles. The van der Waals surface area contributed by atoms with Crippen molar-refractivity contribution in [3.8, 4) is 0 Å². The van der Waals surface area contributed by atoms with Crippen LogP contribution in [0.3, 0.4) is 0 Å². The highest BCUT2D eigenvalue weighted by atomic mass is 33.8. The Kier molecular flexibility index (Phi) is 16.4. The summed E-state index contributed by atoms with van der Waals surface area (Å²) in [6, 6.07) is -0.244. The molecule has 0 N–H and O–H groups in total. The van der Waals surface area contributed by atoms with E-state index in [1.807, 2.05) is 0 Å². The maximum Gasteiger partial charge on any atom is 0.500 e. The van der Waals surface area contributed by atoms with Crippen LogP contribution >= 0.6 is 0 Å². The Bertz CT molecular complexity index is 998. The molecule has 0 aromatic carbocycles. The van der Waals surface area contributed by atoms with Crippen molar-refractivity contribution >= 4 is 51.1 Å². The predicted molar refractivity (Wildman–Crippen MR) is 146 cm³/mol. The van der Waals surface area contributed by atoms with Gasteiger partial charge in [-0.3, -0.25) is 0 Å². The molecule has 0 unspecified atom stereocenters. The van der Waals surface area contributed by atoms with Crippen molar-refractivity contribution in [3.05, 3.63) is 0 Å². The van der Waals surface area contributed by atoms with Crippen LogP contribution in [0.15, 0.2) is 0 Å². The minimum absolute atomic E-state index is 0.122. The average Bonchev–Trinajstić information content (AvgIpc) is 2.79. The predicted octanol–water partition coefficient (Wildman–Crippen LogP) is 1.27. The summed E-state index contributed by atoms with van der Waals surface area (Å²) in [6.45, 7) is 11.1. The first-order valence-electron chi connectivity index (χ1n) is 12.3. The Hall–Kier alpha value is -0.00623. The molecule has 0 bridgehead atoms. The zero-order valence-electron chi connectivity index (χ0n) is 22.8. The van der Waals surface area contributed by atoms with E-state index in [1.165, 1.54) is 0 Å². The highest BCUT2D eigenvalue weighted by Crippen LogP contribution is 2.26. The van der Waals surface area contributed by atoms with E-state index in [0.717, 1.165) is 0 Å². The molecular formula is C18H42O14S4Si2. The van der Waals surface area contributed by atoms with Gasteiger partial charge in [0.1, 0.15) is 0 Å². The molecule has 20 heteroatoms. The fourth-order valence-electron chi connectivity index (χ4n) is 3.39. The normalized spacial score (nSPS) is 14.2. The summed E-state index contributed by atoms with van der Waals surface area (Å²) in [7, 11) is -30.0. The lowest BCUT2D eigenvalue weighted by molar-refractivity contribution is 0.0704. The van der Waals surface area contributed by atoms with E-state index in [0.29, 0.717) is 0 Å². The summed E-state index contributed by atoms with van der Waals surface area (Å²) in [6.07, 6.45) is -0.789. The molecule has 0 aliphatic rings. The Morgan fingerprint density at radius 3 is 0.816 bits per heavy atom. The van der Waals surface area contributed by atoms with E-state index in [1.54, 1.807) is 41.5 Å². The van der Waals surface area contributed by atoms with Gasteiger partial charge in [-0.25, -0.2) is 16.8 Å². The van der Waals surface area contributed by atoms with Crippen LogP contribution in [0, 0.1) is 0 Å². The highest BCUT2D eigenvalue weighted by molar-refractivity contribution is 9.15. The number of rotatable bonds is 23. The number of hydrogen-bond donors (Lipinski definition) is 0. The molecule has 230 valence electrons. The summed E-state index contributed by atoms with van der Waals surface area (Å²) < 4.78 is 134. The molecule has 14 nitrogen and oxygen atoms in total. The maximum atomic E-state index is 12.6. The molecule has 0 aromatic heterocycles. The van der Waals surface area contributed by atoms with Gasteiger partial charge in [-0.2, -0.15) is 16.8 Å². The van der Waals surface area contributed by atoms with E-state index >= 15 is 0 Å². The van der Waals surface area contributed by atoms with Crippen molar-refractivity contribution in [3.63, 3.8) is 0 Å². The summed E-state index contributed by atoms with van der Waals surface area (Å²) >= 11 is 0. The first-order chi connectivity index (χ1) is 17.5. The van der Waals surface area contributed by atoms with Gasteiger partial charge >= 0.3 is 33.4 Å². The van der Waals surface area contributed by atoms with E-state index in [2.05, 4.69) is 0 Å². The van der Waals surface area contributed by atoms with Crippen LogP contribution in [-0.4, -0.2) is 102 Å². The van der Waals surface area contributed by atoms with Crippen LogP contribution in [0.1, 0.15) is 54.4 Å². The second-order valence-corrected chi connectivity index (χ2v) is 27.2. The van der Waals surface area contributed by atoms with E-state index in [-0.39, 0.29) is 51.7 Å². The maximum absolute atomic E-state index is 12.6. The van der Waals surface area contributed by atoms with Crippen molar-refractivity contribution < 1.29 is 60.2 Å². The Morgan fingerprint density at radius 2 is 0.632 bits per heavy atom. The molecule has 0 amide bonds. The highest BCUT2D eigenvalue weighted by Gasteiger charge is 2.52. The van der Waals surface area contributed by atoms with Crippen LogP contribution in [0.25, 0.3) is 0 Å². The lowest BCUT2D eigenvalue weighted by atomic mass is 10.6. The zero-order valence-corrected chi connectivity index (χ0v) is 28.1. The van der Waals surface area contributed by atoms with E-state index in [4.69, 9.17) is 26.6 Å². The molecule has 0 spiro atoms. The third-order valence-electron chi connectivity index (χ3n) is 4.81. The summed E-state index contributed by atoms with van der Waals surface area (Å²) in [5.41, 5.74) is 0. The fraction of sp³-hybridized carbons (Fsp3) is 1.00. The Balaban J connectivity index is 5.75. The van der Waals surface area contributed by atoms with E-state index < -0.39 is 75.5 Å². The van der Waals surface area contributed by atoms with Gasteiger partial charge in [0.15, 0.2) is 0 Å². The van der Waals surface area contributed by atoms with Gasteiger partial charge < -0.3 is 26.6 Å². The van der Waals surface area contributed by atoms with Crippen LogP contribution in [0.4, 0.5) is 0 Å². The molecule has 38 heavy (non-hydrogen) atoms. The van der Waals surface area contributed by atoms with E-state index in [9.17, 15) is 33.7 Å². The van der Waals surface area contributed by atoms with Gasteiger partial charge in [0.25, 0.3) is 17.7 Å². The lowest BCUT2D eigenvalue weighted by Crippen LogP contribution is -2.46. The van der Waals surface area contributed by atoms with Crippen LogP contribution in [0.5, 0.6) is 0 Å². The Morgan fingerprint density at radius 1 is 0.421 bits per heavy atom. The van der Waals surface area contributed by atoms with Crippen molar-refractivity contribution in [1.82, 2.24) is 0 Å². The third-order valence-corrected chi connectivity index (χ3v) is 28.4. The molecule has 0 atom stereocenters. The van der Waals surface area contributed by atoms with Gasteiger partial charge in [0.2, 0.25) is 0 Å². The van der Waals surface area contributed by atoms with Crippen LogP contribution in [-0.2, 0) is 60.1 Å². The van der Waals surface area contributed by atoms with Crippen LogP contribution < -0.4 is 0 Å². The van der Waals surface area contributed by atoms with Gasteiger partial charge in [0.05, 0.1) is 11.5 Å². The standard InChI is InChI=1S/C18H42O14S4Si2/c1-7-27-37(28-8-2,29-9-3)17-13-15-33(19,20)35(23,24)36(25,26)34(21,22)16-14-18-38(30-10-4,31-11-5)32-12-6/h7-18H2,1-6H3. The SMILES string of the molecule is CCO[Si](CCCS(=O)(=O)S(=O)(=O)S(=O)(=O)S(=O)(=O)CCC[Si](OCC)(OCC)OCC)(OCC)OCC. The van der Waals surface area contributed by atoms with Gasteiger partial charge in [-0.1, -0.05) is 0 Å². The molecular weight excluding hydrogens is 625 g/mol. The topological polar surface area (TPSA) is 192 Å². The Labute approximate surface area is 228 Å². The molecule has 0 saturated carbocycles. The molecule has 0 aliphatic carbocycles. The third kappa shape index (κ3) is 9.82. The first-order valence-corrected chi connectivity index (χ1v) is 24.0. The van der Waals surface area contributed by atoms with Crippen molar-refractivity contribution in [2.75, 3.05) is 51.1 Å². The molecule has 0 aromatic rings. The molecule has 0 fully saturated rings. The smallest absolute Gasteiger partial charge is 0.374 e. The summed E-state index contributed by atoms with van der Waals surface area (Å²) in [5.74, 6) is -2.33. The minimum Gasteiger partial charge on any atom is -0.374 e. The number of hydrogen-bond acceptors (Lipinski definition) is 14. The lowest BCUT2D eigenvalue weighted by Gasteiger charge is -2.28. The molecule has 0 rings (SSSR count). The second-order valence-electron chi connectivity index (χ2n) is 7.51. The molecule has 0 aliphatic heterocycles. The van der Waals surface area contributed by atoms with Crippen molar-refractivity contribution in [1.29, 1.82) is 0 Å². The summed E-state index contributed by atoms with van der Waals surface area (Å²) in [5, 5.41) is 0. The van der Waals surface area contributed by atoms with Gasteiger partial charge in [-0.15, -0.1) is 0 Å². The first kappa shape index (κ1) is 38.0. The van der Waals surface area contributed by atoms with Crippen molar-refractivity contribution in [2.45, 2.75) is 66.5 Å². The molecule has 0 heterocycles. The van der Waals surface area contributed by atoms with Crippen molar-refractivity contribution in [2.24, 2.45) is 0 Å². The van der Waals surface area contributed by atoms with Gasteiger partial charge in [0, 0.05) is 51.7 Å². The average molecular weight is 667 g/mol. The largest absolute Gasteiger partial charge is 0.500 e. The quantitative estimate of drug-likeness (QED) is 0.112. The fourth-order valence-corrected chi connectivity index (χ4v) is 24.9. The second kappa shape index (κ2) is 16.4. The zero-order chi connectivity index (χ0) is 29.7. The molecule has 0 radical (unpaired) electrons. The van der Waals surface area contributed by atoms with Gasteiger partial charge in [-0.05, 0) is 54.4 Å². The van der Waals surface area contributed by atoms with Crippen LogP contribution in [0.2, 0.25) is 12.1 Å². The minimum atomic E-state index is -6.18. The monoisotopic (exact) mass is 666 g/mol.